The molecule has 1 atom stereocenters. The Balaban J connectivity index is 2.07. The first-order chi connectivity index (χ1) is 9.13. The number of nitrogens with zero attached hydrogens (tertiary/aromatic N) is 1. The molecular weight excluding hydrogens is 264 g/mol. The first-order valence-electron chi connectivity index (χ1n) is 6.71. The van der Waals surface area contributed by atoms with Gasteiger partial charge in [0.25, 0.3) is 0 Å². The monoisotopic (exact) mass is 288 g/mol. The molecule has 1 saturated heterocycles. The standard InChI is InChI=1S/C13H24N2O3S/c1-11(16)12(10-19)14-13(17)4-2-3-5-15-6-8-18-9-7-15/h12,16,19H,1-10H2,(H,14,17). The van der Waals surface area contributed by atoms with Gasteiger partial charge in [0.2, 0.25) is 5.91 Å². The Kier molecular flexibility index (Phi) is 7.93. The number of carbonyl (C=O) groups is 1. The summed E-state index contributed by atoms with van der Waals surface area (Å²) in [5.74, 6) is 0.252. The smallest absolute Gasteiger partial charge is 0.220 e. The molecule has 1 aliphatic rings. The molecule has 2 N–H and O–H groups in total. The van der Waals surface area contributed by atoms with Crippen LogP contribution in [-0.4, -0.2) is 60.6 Å². The largest absolute Gasteiger partial charge is 0.511 e. The third kappa shape index (κ3) is 6.84. The minimum Gasteiger partial charge on any atom is -0.511 e. The fourth-order valence-corrected chi connectivity index (χ4v) is 2.25. The highest BCUT2D eigenvalue weighted by Crippen LogP contribution is 2.04. The maximum atomic E-state index is 11.6. The summed E-state index contributed by atoms with van der Waals surface area (Å²) < 4.78 is 5.28. The van der Waals surface area contributed by atoms with E-state index in [4.69, 9.17) is 4.74 Å². The molecule has 1 unspecified atom stereocenters. The van der Waals surface area contributed by atoms with Crippen LogP contribution in [0.15, 0.2) is 12.3 Å². The second kappa shape index (κ2) is 9.23. The molecule has 0 radical (unpaired) electrons. The van der Waals surface area contributed by atoms with Crippen LogP contribution in [0.4, 0.5) is 0 Å². The molecule has 19 heavy (non-hydrogen) atoms. The number of thiol groups is 1. The van der Waals surface area contributed by atoms with Gasteiger partial charge in [0.1, 0.15) is 5.76 Å². The zero-order valence-corrected chi connectivity index (χ0v) is 12.2. The van der Waals surface area contributed by atoms with Crippen LogP contribution in [0.1, 0.15) is 19.3 Å². The lowest BCUT2D eigenvalue weighted by Gasteiger charge is -2.26. The van der Waals surface area contributed by atoms with Crippen molar-refractivity contribution in [3.63, 3.8) is 0 Å². The van der Waals surface area contributed by atoms with Gasteiger partial charge in [-0.3, -0.25) is 9.69 Å². The fraction of sp³-hybridized carbons (Fsp3) is 0.769. The molecule has 1 fully saturated rings. The van der Waals surface area contributed by atoms with Crippen molar-refractivity contribution in [2.75, 3.05) is 38.6 Å². The summed E-state index contributed by atoms with van der Waals surface area (Å²) in [6, 6.07) is -0.449. The van der Waals surface area contributed by atoms with Crippen molar-refractivity contribution in [1.29, 1.82) is 0 Å². The van der Waals surface area contributed by atoms with Gasteiger partial charge >= 0.3 is 0 Å². The van der Waals surface area contributed by atoms with Crippen LogP contribution in [0.2, 0.25) is 0 Å². The Morgan fingerprint density at radius 3 is 2.68 bits per heavy atom. The van der Waals surface area contributed by atoms with Crippen LogP contribution >= 0.6 is 12.6 Å². The lowest BCUT2D eigenvalue weighted by Crippen LogP contribution is -2.38. The maximum Gasteiger partial charge on any atom is 0.220 e. The number of aliphatic hydroxyl groups excluding tert-OH is 1. The Morgan fingerprint density at radius 1 is 1.42 bits per heavy atom. The minimum absolute atomic E-state index is 0.0448. The molecule has 1 rings (SSSR count). The van der Waals surface area contributed by atoms with E-state index >= 15 is 0 Å². The van der Waals surface area contributed by atoms with E-state index in [9.17, 15) is 9.90 Å². The molecular formula is C13H24N2O3S. The summed E-state index contributed by atoms with van der Waals surface area (Å²) >= 11 is 4.05. The summed E-state index contributed by atoms with van der Waals surface area (Å²) in [4.78, 5) is 14.0. The second-order valence-electron chi connectivity index (χ2n) is 4.71. The van der Waals surface area contributed by atoms with Gasteiger partial charge in [-0.1, -0.05) is 6.58 Å². The number of rotatable bonds is 8. The van der Waals surface area contributed by atoms with E-state index in [2.05, 4.69) is 29.4 Å². The average molecular weight is 288 g/mol. The van der Waals surface area contributed by atoms with Crippen molar-refractivity contribution in [3.8, 4) is 0 Å². The zero-order chi connectivity index (χ0) is 14.1. The SMILES string of the molecule is C=C(O)C(CS)NC(=O)CCCCN1CCOCC1. The molecule has 0 bridgehead atoms. The van der Waals surface area contributed by atoms with Crippen molar-refractivity contribution in [2.45, 2.75) is 25.3 Å². The highest BCUT2D eigenvalue weighted by molar-refractivity contribution is 7.80. The van der Waals surface area contributed by atoms with Crippen LogP contribution < -0.4 is 5.32 Å². The van der Waals surface area contributed by atoms with Gasteiger partial charge in [-0.2, -0.15) is 12.6 Å². The molecule has 110 valence electrons. The summed E-state index contributed by atoms with van der Waals surface area (Å²) in [7, 11) is 0. The Hall–Kier alpha value is -0.720. The zero-order valence-electron chi connectivity index (χ0n) is 11.3. The summed E-state index contributed by atoms with van der Waals surface area (Å²) in [5.41, 5.74) is 0. The van der Waals surface area contributed by atoms with Gasteiger partial charge in [-0.25, -0.2) is 0 Å². The molecule has 0 saturated carbocycles. The Labute approximate surface area is 120 Å². The number of aliphatic hydroxyl groups is 1. The van der Waals surface area contributed by atoms with Crippen LogP contribution in [-0.2, 0) is 9.53 Å². The highest BCUT2D eigenvalue weighted by atomic mass is 32.1. The molecule has 5 nitrogen and oxygen atoms in total. The number of carbonyl (C=O) groups excluding carboxylic acids is 1. The number of amides is 1. The van der Waals surface area contributed by atoms with Gasteiger partial charge in [0, 0.05) is 25.3 Å². The van der Waals surface area contributed by atoms with E-state index in [0.717, 1.165) is 45.7 Å². The predicted molar refractivity (Wildman–Crippen MR) is 78.7 cm³/mol. The van der Waals surface area contributed by atoms with E-state index in [1.54, 1.807) is 0 Å². The van der Waals surface area contributed by atoms with Crippen molar-refractivity contribution in [3.05, 3.63) is 12.3 Å². The van der Waals surface area contributed by atoms with Crippen molar-refractivity contribution in [2.24, 2.45) is 0 Å². The van der Waals surface area contributed by atoms with Crippen LogP contribution in [0, 0.1) is 0 Å². The molecule has 0 aromatic heterocycles. The summed E-state index contributed by atoms with van der Waals surface area (Å²) in [6.07, 6.45) is 2.32. The lowest BCUT2D eigenvalue weighted by molar-refractivity contribution is -0.121. The number of hydrogen-bond acceptors (Lipinski definition) is 5. The van der Waals surface area contributed by atoms with Crippen LogP contribution in [0.25, 0.3) is 0 Å². The Bertz CT molecular complexity index is 294. The third-order valence-electron chi connectivity index (χ3n) is 3.15. The topological polar surface area (TPSA) is 61.8 Å². The fourth-order valence-electron chi connectivity index (χ4n) is 1.95. The molecule has 1 heterocycles. The van der Waals surface area contributed by atoms with Gasteiger partial charge in [0.05, 0.1) is 19.3 Å². The van der Waals surface area contributed by atoms with E-state index in [1.165, 1.54) is 0 Å². The molecule has 1 aliphatic heterocycles. The molecule has 1 amide bonds. The number of hydrogen-bond donors (Lipinski definition) is 3. The summed E-state index contributed by atoms with van der Waals surface area (Å²) in [5, 5.41) is 11.9. The quantitative estimate of drug-likeness (QED) is 0.354. The molecule has 0 spiro atoms. The predicted octanol–water partition coefficient (Wildman–Crippen LogP) is 0.975. The van der Waals surface area contributed by atoms with E-state index < -0.39 is 6.04 Å². The third-order valence-corrected chi connectivity index (χ3v) is 3.52. The van der Waals surface area contributed by atoms with Crippen LogP contribution in [0.5, 0.6) is 0 Å². The number of nitrogens with one attached hydrogen (secondary N) is 1. The van der Waals surface area contributed by atoms with Crippen LogP contribution in [0.3, 0.4) is 0 Å². The molecule has 6 heteroatoms. The molecule has 0 aliphatic carbocycles. The number of morpholine rings is 1. The first-order valence-corrected chi connectivity index (χ1v) is 7.35. The summed E-state index contributed by atoms with van der Waals surface area (Å²) in [6.45, 7) is 8.01. The number of unbranched alkanes of at least 4 members (excludes halogenated alkanes) is 1. The van der Waals surface area contributed by atoms with Gasteiger partial charge < -0.3 is 15.2 Å². The Morgan fingerprint density at radius 2 is 2.11 bits per heavy atom. The average Bonchev–Trinajstić information content (AvgIpc) is 2.42. The maximum absolute atomic E-state index is 11.6. The van der Waals surface area contributed by atoms with E-state index in [-0.39, 0.29) is 11.7 Å². The minimum atomic E-state index is -0.449. The molecule has 0 aromatic rings. The molecule has 0 aromatic carbocycles. The first kappa shape index (κ1) is 16.3. The van der Waals surface area contributed by atoms with E-state index in [1.807, 2.05) is 0 Å². The van der Waals surface area contributed by atoms with Crippen molar-refractivity contribution >= 4 is 18.5 Å². The normalized spacial score (nSPS) is 17.9. The number of ether oxygens (including phenoxy) is 1. The van der Waals surface area contributed by atoms with Crippen molar-refractivity contribution < 1.29 is 14.6 Å². The van der Waals surface area contributed by atoms with Gasteiger partial charge in [-0.05, 0) is 19.4 Å². The second-order valence-corrected chi connectivity index (χ2v) is 5.07. The highest BCUT2D eigenvalue weighted by Gasteiger charge is 2.13. The van der Waals surface area contributed by atoms with Crippen molar-refractivity contribution in [1.82, 2.24) is 10.2 Å². The van der Waals surface area contributed by atoms with Gasteiger partial charge in [-0.15, -0.1) is 0 Å². The lowest BCUT2D eigenvalue weighted by atomic mass is 10.2. The van der Waals surface area contributed by atoms with E-state index in [0.29, 0.717) is 12.2 Å². The van der Waals surface area contributed by atoms with Gasteiger partial charge in [0.15, 0.2) is 0 Å².